The number of thiocarbonyl (C=S) groups is 1. The monoisotopic (exact) mass is 173 g/mol. The fourth-order valence-corrected chi connectivity index (χ4v) is 1.27. The Kier molecular flexibility index (Phi) is 4.66. The number of nitrogens with one attached hydrogen (secondary N) is 1. The first kappa shape index (κ1) is 10.9. The van der Waals surface area contributed by atoms with Crippen LogP contribution in [-0.2, 0) is 0 Å². The zero-order valence-corrected chi connectivity index (χ0v) is 8.85. The highest BCUT2D eigenvalue weighted by Crippen LogP contribution is 2.02. The van der Waals surface area contributed by atoms with E-state index in [1.807, 2.05) is 0 Å². The lowest BCUT2D eigenvalue weighted by Crippen LogP contribution is -2.39. The van der Waals surface area contributed by atoms with Gasteiger partial charge in [-0.1, -0.05) is 25.6 Å². The van der Waals surface area contributed by atoms with Crippen molar-refractivity contribution >= 4 is 17.2 Å². The van der Waals surface area contributed by atoms with Crippen LogP contribution in [0.25, 0.3) is 0 Å². The van der Waals surface area contributed by atoms with Crippen molar-refractivity contribution in [3.63, 3.8) is 0 Å². The molecule has 0 radical (unpaired) electrons. The smallest absolute Gasteiger partial charge is 0.0757 e. The van der Waals surface area contributed by atoms with E-state index in [9.17, 15) is 0 Å². The van der Waals surface area contributed by atoms with Gasteiger partial charge in [-0.2, -0.15) is 0 Å². The van der Waals surface area contributed by atoms with Crippen LogP contribution in [0.1, 0.15) is 47.0 Å². The van der Waals surface area contributed by atoms with E-state index in [4.69, 9.17) is 12.2 Å². The summed E-state index contributed by atoms with van der Waals surface area (Å²) in [4.78, 5) is 0.999. The third-order valence-electron chi connectivity index (χ3n) is 1.27. The Labute approximate surface area is 75.6 Å². The first-order valence-electron chi connectivity index (χ1n) is 4.26. The summed E-state index contributed by atoms with van der Waals surface area (Å²) in [5.74, 6) is 0. The van der Waals surface area contributed by atoms with Gasteiger partial charge in [0.15, 0.2) is 0 Å². The van der Waals surface area contributed by atoms with Crippen molar-refractivity contribution in [2.24, 2.45) is 0 Å². The van der Waals surface area contributed by atoms with Gasteiger partial charge in [0, 0.05) is 5.54 Å². The highest BCUT2D eigenvalue weighted by atomic mass is 32.1. The zero-order valence-electron chi connectivity index (χ0n) is 8.03. The fourth-order valence-electron chi connectivity index (χ4n) is 0.818. The van der Waals surface area contributed by atoms with E-state index in [-0.39, 0.29) is 5.54 Å². The second-order valence-corrected chi connectivity index (χ2v) is 4.39. The maximum Gasteiger partial charge on any atom is 0.0757 e. The average molecular weight is 173 g/mol. The quantitative estimate of drug-likeness (QED) is 0.659. The molecule has 66 valence electrons. The topological polar surface area (TPSA) is 12.0 Å². The Hall–Kier alpha value is -0.110. The van der Waals surface area contributed by atoms with Crippen molar-refractivity contribution in [3.05, 3.63) is 0 Å². The van der Waals surface area contributed by atoms with Gasteiger partial charge in [0.1, 0.15) is 0 Å². The zero-order chi connectivity index (χ0) is 8.91. The van der Waals surface area contributed by atoms with Crippen molar-refractivity contribution in [2.75, 3.05) is 0 Å². The summed E-state index contributed by atoms with van der Waals surface area (Å²) >= 11 is 5.16. The Morgan fingerprint density at radius 3 is 2.27 bits per heavy atom. The van der Waals surface area contributed by atoms with Crippen LogP contribution in [0, 0.1) is 0 Å². The maximum absolute atomic E-state index is 5.16. The lowest BCUT2D eigenvalue weighted by atomic mass is 10.1. The molecule has 0 bridgehead atoms. The molecule has 0 heterocycles. The van der Waals surface area contributed by atoms with Crippen LogP contribution in [0.15, 0.2) is 0 Å². The lowest BCUT2D eigenvalue weighted by molar-refractivity contribution is 0.509. The molecule has 0 aliphatic rings. The molecule has 0 unspecified atom stereocenters. The van der Waals surface area contributed by atoms with Gasteiger partial charge in [-0.15, -0.1) is 0 Å². The molecule has 0 saturated carbocycles. The molecule has 0 aliphatic heterocycles. The minimum Gasteiger partial charge on any atom is -0.375 e. The van der Waals surface area contributed by atoms with Gasteiger partial charge in [-0.25, -0.2) is 0 Å². The number of hydrogen-bond donors (Lipinski definition) is 1. The summed E-state index contributed by atoms with van der Waals surface area (Å²) in [5, 5.41) is 3.29. The van der Waals surface area contributed by atoms with Crippen LogP contribution in [0.5, 0.6) is 0 Å². The summed E-state index contributed by atoms with van der Waals surface area (Å²) in [5.41, 5.74) is 0.130. The number of rotatable bonds is 3. The summed E-state index contributed by atoms with van der Waals surface area (Å²) in [7, 11) is 0. The molecular weight excluding hydrogens is 154 g/mol. The van der Waals surface area contributed by atoms with Gasteiger partial charge in [-0.05, 0) is 33.6 Å². The lowest BCUT2D eigenvalue weighted by Gasteiger charge is -2.22. The van der Waals surface area contributed by atoms with Gasteiger partial charge >= 0.3 is 0 Å². The number of unbranched alkanes of at least 4 members (excludes halogenated alkanes) is 1. The highest BCUT2D eigenvalue weighted by Gasteiger charge is 2.09. The molecule has 11 heavy (non-hydrogen) atoms. The van der Waals surface area contributed by atoms with Crippen molar-refractivity contribution in [1.29, 1.82) is 0 Å². The van der Waals surface area contributed by atoms with E-state index in [1.54, 1.807) is 0 Å². The second-order valence-electron chi connectivity index (χ2n) is 3.90. The molecule has 0 spiro atoms. The molecule has 1 N–H and O–H groups in total. The van der Waals surface area contributed by atoms with Crippen LogP contribution >= 0.6 is 12.2 Å². The van der Waals surface area contributed by atoms with Crippen molar-refractivity contribution < 1.29 is 0 Å². The van der Waals surface area contributed by atoms with Crippen LogP contribution in [-0.4, -0.2) is 10.5 Å². The van der Waals surface area contributed by atoms with E-state index in [2.05, 4.69) is 33.0 Å². The van der Waals surface area contributed by atoms with Gasteiger partial charge in [0.05, 0.1) is 4.99 Å². The van der Waals surface area contributed by atoms with E-state index >= 15 is 0 Å². The molecule has 0 rings (SSSR count). The third-order valence-corrected chi connectivity index (χ3v) is 1.58. The molecule has 0 aromatic carbocycles. The average Bonchev–Trinajstić information content (AvgIpc) is 1.79. The molecule has 0 fully saturated rings. The first-order chi connectivity index (χ1) is 4.95. The Morgan fingerprint density at radius 1 is 1.36 bits per heavy atom. The normalized spacial score (nSPS) is 11.3. The van der Waals surface area contributed by atoms with Gasteiger partial charge in [0.25, 0.3) is 0 Å². The summed E-state index contributed by atoms with van der Waals surface area (Å²) < 4.78 is 0. The minimum absolute atomic E-state index is 0.130. The molecule has 2 heteroatoms. The van der Waals surface area contributed by atoms with Gasteiger partial charge in [-0.3, -0.25) is 0 Å². The summed E-state index contributed by atoms with van der Waals surface area (Å²) in [6.45, 7) is 8.57. The van der Waals surface area contributed by atoms with E-state index in [0.29, 0.717) is 0 Å². The standard InChI is InChI=1S/C9H19NS/c1-5-6-7-8(11)10-9(2,3)4/h5-7H2,1-4H3,(H,10,11). The van der Waals surface area contributed by atoms with E-state index < -0.39 is 0 Å². The Morgan fingerprint density at radius 2 is 1.91 bits per heavy atom. The van der Waals surface area contributed by atoms with Crippen molar-refractivity contribution in [3.8, 4) is 0 Å². The van der Waals surface area contributed by atoms with Crippen LogP contribution in [0.2, 0.25) is 0 Å². The summed E-state index contributed by atoms with van der Waals surface area (Å²) in [6, 6.07) is 0. The molecule has 0 amide bonds. The molecular formula is C9H19NS. The predicted octanol–water partition coefficient (Wildman–Crippen LogP) is 2.89. The molecule has 1 nitrogen and oxygen atoms in total. The van der Waals surface area contributed by atoms with E-state index in [0.717, 1.165) is 11.4 Å². The van der Waals surface area contributed by atoms with Crippen LogP contribution in [0.3, 0.4) is 0 Å². The van der Waals surface area contributed by atoms with Crippen LogP contribution < -0.4 is 5.32 Å². The van der Waals surface area contributed by atoms with E-state index in [1.165, 1.54) is 12.8 Å². The SMILES string of the molecule is CCCCC(=S)NC(C)(C)C. The third kappa shape index (κ3) is 7.79. The molecule has 0 aromatic heterocycles. The second kappa shape index (κ2) is 4.70. The first-order valence-corrected chi connectivity index (χ1v) is 4.67. The fraction of sp³-hybridized carbons (Fsp3) is 0.889. The molecule has 0 atom stereocenters. The Balaban J connectivity index is 3.53. The highest BCUT2D eigenvalue weighted by molar-refractivity contribution is 7.80. The molecule has 0 aromatic rings. The number of hydrogen-bond acceptors (Lipinski definition) is 1. The maximum atomic E-state index is 5.16. The molecule has 0 saturated heterocycles. The Bertz CT molecular complexity index is 124. The minimum atomic E-state index is 0.130. The van der Waals surface area contributed by atoms with Crippen molar-refractivity contribution in [1.82, 2.24) is 5.32 Å². The largest absolute Gasteiger partial charge is 0.375 e. The predicted molar refractivity (Wildman–Crippen MR) is 55.0 cm³/mol. The van der Waals surface area contributed by atoms with Crippen molar-refractivity contribution in [2.45, 2.75) is 52.5 Å². The van der Waals surface area contributed by atoms with Gasteiger partial charge in [0.2, 0.25) is 0 Å². The van der Waals surface area contributed by atoms with Gasteiger partial charge < -0.3 is 5.32 Å². The summed E-state index contributed by atoms with van der Waals surface area (Å²) in [6.07, 6.45) is 3.44. The molecule has 0 aliphatic carbocycles. The van der Waals surface area contributed by atoms with Crippen LogP contribution in [0.4, 0.5) is 0 Å².